The molecule has 0 aliphatic carbocycles. The van der Waals surface area contributed by atoms with E-state index >= 15 is 0 Å². The predicted molar refractivity (Wildman–Crippen MR) is 143 cm³/mol. The number of phenols is 1. The van der Waals surface area contributed by atoms with E-state index in [0.29, 0.717) is 28.5 Å². The number of aromatic nitrogens is 4. The minimum absolute atomic E-state index is 0.00119. The van der Waals surface area contributed by atoms with Gasteiger partial charge in [-0.1, -0.05) is 49.4 Å². The van der Waals surface area contributed by atoms with Gasteiger partial charge in [0, 0.05) is 11.5 Å². The van der Waals surface area contributed by atoms with Crippen molar-refractivity contribution in [3.05, 3.63) is 83.2 Å². The maximum atomic E-state index is 13.0. The number of hydrazone groups is 2. The largest absolute Gasteiger partial charge is 0.505 e. The molecule has 1 atom stereocenters. The van der Waals surface area contributed by atoms with Crippen LogP contribution < -0.4 is 10.4 Å². The van der Waals surface area contributed by atoms with E-state index in [1.807, 2.05) is 75.4 Å². The van der Waals surface area contributed by atoms with Gasteiger partial charge in [0.1, 0.15) is 5.75 Å². The first-order valence-electron chi connectivity index (χ1n) is 11.8. The Morgan fingerprint density at radius 3 is 2.51 bits per heavy atom. The molecule has 37 heavy (non-hydrogen) atoms. The van der Waals surface area contributed by atoms with Gasteiger partial charge in [0.25, 0.3) is 0 Å². The predicted octanol–water partition coefficient (Wildman–Crippen LogP) is 4.53. The molecule has 3 aromatic carbocycles. The molecule has 10 heteroatoms. The van der Waals surface area contributed by atoms with Gasteiger partial charge in [-0.3, -0.25) is 10.2 Å². The number of aryl methyl sites for hydroxylation is 2. The van der Waals surface area contributed by atoms with Crippen LogP contribution in [0.2, 0.25) is 0 Å². The highest BCUT2D eigenvalue weighted by Gasteiger charge is 2.31. The third-order valence-corrected chi connectivity index (χ3v) is 6.54. The molecular formula is C27H26N8O2. The third kappa shape index (κ3) is 4.56. The molecule has 1 amide bonds. The van der Waals surface area contributed by atoms with Gasteiger partial charge in [0.2, 0.25) is 0 Å². The number of phenolic OH excluding ortho intramolecular Hbond substituents is 1. The molecule has 10 nitrogen and oxygen atoms in total. The van der Waals surface area contributed by atoms with Gasteiger partial charge >= 0.3 is 5.91 Å². The minimum atomic E-state index is -0.337. The number of para-hydroxylation sites is 1. The van der Waals surface area contributed by atoms with Crippen LogP contribution in [0, 0.1) is 13.8 Å². The second-order valence-electron chi connectivity index (χ2n) is 8.98. The fourth-order valence-corrected chi connectivity index (χ4v) is 4.10. The van der Waals surface area contributed by atoms with Crippen molar-refractivity contribution < 1.29 is 9.90 Å². The number of aromatic hydroxyl groups is 1. The highest BCUT2D eigenvalue weighted by atomic mass is 16.3. The maximum absolute atomic E-state index is 13.0. The monoisotopic (exact) mass is 494 g/mol. The summed E-state index contributed by atoms with van der Waals surface area (Å²) in [5, 5.41) is 35.0. The molecule has 186 valence electrons. The number of anilines is 2. The lowest BCUT2D eigenvalue weighted by Crippen LogP contribution is -2.28. The first kappa shape index (κ1) is 23.9. The average molecular weight is 495 g/mol. The lowest BCUT2D eigenvalue weighted by molar-refractivity contribution is -0.112. The van der Waals surface area contributed by atoms with Crippen molar-refractivity contribution in [1.29, 1.82) is 0 Å². The van der Waals surface area contributed by atoms with E-state index in [4.69, 9.17) is 0 Å². The van der Waals surface area contributed by atoms with E-state index in [1.165, 1.54) is 5.01 Å². The molecule has 1 aromatic heterocycles. The number of nitrogens with zero attached hydrogens (tertiary/aromatic N) is 6. The summed E-state index contributed by atoms with van der Waals surface area (Å²) < 4.78 is 0. The molecule has 0 saturated heterocycles. The number of hydrogen-bond acceptors (Lipinski definition) is 8. The summed E-state index contributed by atoms with van der Waals surface area (Å²) in [6.07, 6.45) is 0. The average Bonchev–Trinajstić information content (AvgIpc) is 3.53. The molecule has 2 heterocycles. The van der Waals surface area contributed by atoms with Gasteiger partial charge in [0.15, 0.2) is 11.5 Å². The highest BCUT2D eigenvalue weighted by Crippen LogP contribution is 2.36. The summed E-state index contributed by atoms with van der Waals surface area (Å²) in [7, 11) is 0. The van der Waals surface area contributed by atoms with Crippen LogP contribution in [0.3, 0.4) is 0 Å². The number of tetrazole rings is 1. The SMILES string of the molecule is CC1=NN(c2ccc(C)c(C)c2)C(=O)/C1=N/Nc1cccc(-c2ccc(C(C)c3nnn[nH]3)cc2)c1O. The van der Waals surface area contributed by atoms with E-state index in [1.54, 1.807) is 13.0 Å². The number of amides is 1. The zero-order chi connectivity index (χ0) is 26.1. The Morgan fingerprint density at radius 2 is 1.81 bits per heavy atom. The standard InChI is InChI=1S/C27H26N8O2/c1-15-8-13-21(14-16(15)2)35-27(37)24(18(4)32-35)29-28-23-7-5-6-22(25(23)36)20-11-9-19(10-12-20)17(3)26-30-33-34-31-26/h5-14,17,28,36H,1-4H3,(H,30,31,33,34)/b29-24+. The summed E-state index contributed by atoms with van der Waals surface area (Å²) >= 11 is 0. The van der Waals surface area contributed by atoms with Crippen LogP contribution in [0.5, 0.6) is 5.75 Å². The van der Waals surface area contributed by atoms with Crippen LogP contribution in [-0.2, 0) is 4.79 Å². The molecule has 1 aliphatic rings. The lowest BCUT2D eigenvalue weighted by Gasteiger charge is -2.13. The number of nitrogens with one attached hydrogen (secondary N) is 2. The van der Waals surface area contributed by atoms with Gasteiger partial charge in [-0.2, -0.15) is 15.2 Å². The fourth-order valence-electron chi connectivity index (χ4n) is 4.10. The molecular weight excluding hydrogens is 468 g/mol. The molecule has 4 aromatic rings. The van der Waals surface area contributed by atoms with E-state index in [9.17, 15) is 9.90 Å². The number of benzene rings is 3. The smallest absolute Gasteiger partial charge is 0.301 e. The van der Waals surface area contributed by atoms with Crippen molar-refractivity contribution >= 4 is 28.7 Å². The van der Waals surface area contributed by atoms with Gasteiger partial charge in [-0.05, 0) is 71.7 Å². The van der Waals surface area contributed by atoms with E-state index < -0.39 is 0 Å². The van der Waals surface area contributed by atoms with E-state index in [0.717, 1.165) is 22.3 Å². The van der Waals surface area contributed by atoms with Crippen molar-refractivity contribution in [3.63, 3.8) is 0 Å². The van der Waals surface area contributed by atoms with Crippen LogP contribution in [0.15, 0.2) is 70.9 Å². The molecule has 1 aliphatic heterocycles. The molecule has 1 unspecified atom stereocenters. The first-order chi connectivity index (χ1) is 17.8. The van der Waals surface area contributed by atoms with Crippen molar-refractivity contribution in [2.75, 3.05) is 10.4 Å². The molecule has 0 radical (unpaired) electrons. The van der Waals surface area contributed by atoms with E-state index in [2.05, 4.69) is 36.3 Å². The van der Waals surface area contributed by atoms with Gasteiger partial charge in [-0.15, -0.1) is 5.10 Å². The quantitative estimate of drug-likeness (QED) is 0.267. The lowest BCUT2D eigenvalue weighted by atomic mass is 9.96. The van der Waals surface area contributed by atoms with Gasteiger partial charge in [-0.25, -0.2) is 5.10 Å². The summed E-state index contributed by atoms with van der Waals surface area (Å²) in [5.41, 5.74) is 9.27. The molecule has 0 saturated carbocycles. The number of carbonyl (C=O) groups excluding carboxylic acids is 1. The van der Waals surface area contributed by atoms with Crippen molar-refractivity contribution in [2.45, 2.75) is 33.6 Å². The second-order valence-corrected chi connectivity index (χ2v) is 8.98. The Morgan fingerprint density at radius 1 is 1.03 bits per heavy atom. The fraction of sp³-hybridized carbons (Fsp3) is 0.185. The molecule has 0 fully saturated rings. The van der Waals surface area contributed by atoms with Crippen LogP contribution in [0.1, 0.15) is 42.3 Å². The van der Waals surface area contributed by atoms with Crippen molar-refractivity contribution in [3.8, 4) is 16.9 Å². The Bertz CT molecular complexity index is 1520. The zero-order valence-corrected chi connectivity index (χ0v) is 20.9. The second kappa shape index (κ2) is 9.65. The van der Waals surface area contributed by atoms with Gasteiger partial charge in [0.05, 0.1) is 17.1 Å². The summed E-state index contributed by atoms with van der Waals surface area (Å²) in [4.78, 5) is 13.0. The number of rotatable bonds is 6. The normalized spacial score (nSPS) is 15.2. The minimum Gasteiger partial charge on any atom is -0.505 e. The maximum Gasteiger partial charge on any atom is 0.301 e. The summed E-state index contributed by atoms with van der Waals surface area (Å²) in [6, 6.07) is 18.9. The topological polar surface area (TPSA) is 132 Å². The first-order valence-corrected chi connectivity index (χ1v) is 11.8. The Kier molecular flexibility index (Phi) is 6.22. The van der Waals surface area contributed by atoms with Crippen LogP contribution in [0.25, 0.3) is 11.1 Å². The molecule has 0 spiro atoms. The highest BCUT2D eigenvalue weighted by molar-refractivity contribution is 6.71. The Hall–Kier alpha value is -4.86. The van der Waals surface area contributed by atoms with E-state index in [-0.39, 0.29) is 23.3 Å². The van der Waals surface area contributed by atoms with Gasteiger partial charge < -0.3 is 5.11 Å². The van der Waals surface area contributed by atoms with Crippen LogP contribution in [-0.4, -0.2) is 43.1 Å². The summed E-state index contributed by atoms with van der Waals surface area (Å²) in [6.45, 7) is 7.74. The summed E-state index contributed by atoms with van der Waals surface area (Å²) in [5.74, 6) is 0.365. The molecule has 3 N–H and O–H groups in total. The van der Waals surface area contributed by atoms with Crippen LogP contribution in [0.4, 0.5) is 11.4 Å². The number of hydrogen-bond donors (Lipinski definition) is 3. The Labute approximate surface area is 213 Å². The van der Waals surface area contributed by atoms with Crippen LogP contribution >= 0.6 is 0 Å². The molecule has 0 bridgehead atoms. The van der Waals surface area contributed by atoms with Crippen molar-refractivity contribution in [2.24, 2.45) is 10.2 Å². The van der Waals surface area contributed by atoms with Crippen molar-refractivity contribution in [1.82, 2.24) is 20.6 Å². The number of H-pyrrole nitrogens is 1. The number of carbonyl (C=O) groups is 1. The number of aromatic amines is 1. The molecule has 5 rings (SSSR count). The Balaban J connectivity index is 1.36. The third-order valence-electron chi connectivity index (χ3n) is 6.54. The zero-order valence-electron chi connectivity index (χ0n) is 20.9.